The van der Waals surface area contributed by atoms with Crippen LogP contribution < -0.4 is 15.0 Å². The van der Waals surface area contributed by atoms with Gasteiger partial charge >= 0.3 is 0 Å². The molecule has 2 aromatic carbocycles. The maximum absolute atomic E-state index is 13.1. The zero-order valence-electron chi connectivity index (χ0n) is 16.1. The Hall–Kier alpha value is -3.16. The summed E-state index contributed by atoms with van der Waals surface area (Å²) in [5.74, 6) is -0.0720. The van der Waals surface area contributed by atoms with Gasteiger partial charge in [-0.2, -0.15) is 0 Å². The minimum Gasteiger partial charge on any atom is -0.495 e. The van der Waals surface area contributed by atoms with Crippen LogP contribution in [0.4, 0.5) is 17.1 Å². The number of aliphatic imine (C=N–C) groups is 1. The SMILES string of the molecule is COc1ccc(Cl)cc1NC(=O)CN1C(=O)CC(c2cccs2)=Nc2ccccc21. The second kappa shape index (κ2) is 8.69. The van der Waals surface area contributed by atoms with E-state index < -0.39 is 0 Å². The number of nitrogens with one attached hydrogen (secondary N) is 1. The summed E-state index contributed by atoms with van der Waals surface area (Å²) in [5, 5.41) is 5.20. The molecular weight excluding hydrogens is 422 g/mol. The number of carbonyl (C=O) groups excluding carboxylic acids is 2. The molecule has 152 valence electrons. The smallest absolute Gasteiger partial charge is 0.244 e. The largest absolute Gasteiger partial charge is 0.495 e. The number of ether oxygens (including phenoxy) is 1. The number of para-hydroxylation sites is 2. The molecule has 0 bridgehead atoms. The van der Waals surface area contributed by atoms with Crippen molar-refractivity contribution >= 4 is 57.5 Å². The van der Waals surface area contributed by atoms with Crippen molar-refractivity contribution in [2.24, 2.45) is 4.99 Å². The number of carbonyl (C=O) groups is 2. The number of nitrogens with zero attached hydrogens (tertiary/aromatic N) is 2. The van der Waals surface area contributed by atoms with Gasteiger partial charge in [0.15, 0.2) is 0 Å². The van der Waals surface area contributed by atoms with E-state index in [-0.39, 0.29) is 24.8 Å². The summed E-state index contributed by atoms with van der Waals surface area (Å²) in [6, 6.07) is 16.1. The van der Waals surface area contributed by atoms with Crippen LogP contribution >= 0.6 is 22.9 Å². The fourth-order valence-electron chi connectivity index (χ4n) is 3.21. The first kappa shape index (κ1) is 20.1. The van der Waals surface area contributed by atoms with E-state index in [1.807, 2.05) is 35.7 Å². The molecule has 1 aliphatic rings. The average molecular weight is 440 g/mol. The number of thiophene rings is 1. The van der Waals surface area contributed by atoms with Crippen LogP contribution in [0.3, 0.4) is 0 Å². The third kappa shape index (κ3) is 4.22. The number of benzene rings is 2. The summed E-state index contributed by atoms with van der Waals surface area (Å²) in [6.45, 7) is -0.154. The molecule has 0 saturated carbocycles. The molecule has 0 spiro atoms. The van der Waals surface area contributed by atoms with E-state index in [2.05, 4.69) is 5.32 Å². The molecule has 30 heavy (non-hydrogen) atoms. The zero-order valence-corrected chi connectivity index (χ0v) is 17.7. The Kier molecular flexibility index (Phi) is 5.83. The highest BCUT2D eigenvalue weighted by molar-refractivity contribution is 7.12. The van der Waals surface area contributed by atoms with Crippen molar-refractivity contribution in [2.45, 2.75) is 6.42 Å². The molecule has 0 saturated heterocycles. The molecule has 4 rings (SSSR count). The molecular formula is C22H18ClN3O3S. The van der Waals surface area contributed by atoms with Crippen molar-refractivity contribution in [2.75, 3.05) is 23.9 Å². The topological polar surface area (TPSA) is 71.0 Å². The van der Waals surface area contributed by atoms with Gasteiger partial charge in [-0.1, -0.05) is 29.8 Å². The van der Waals surface area contributed by atoms with Crippen molar-refractivity contribution in [1.82, 2.24) is 0 Å². The van der Waals surface area contributed by atoms with Crippen LogP contribution in [0.2, 0.25) is 5.02 Å². The van der Waals surface area contributed by atoms with Gasteiger partial charge in [0.05, 0.1) is 36.3 Å². The zero-order chi connectivity index (χ0) is 21.1. The highest BCUT2D eigenvalue weighted by atomic mass is 35.5. The fourth-order valence-corrected chi connectivity index (χ4v) is 4.10. The molecule has 0 fully saturated rings. The fraction of sp³-hybridized carbons (Fsp3) is 0.136. The average Bonchev–Trinajstić information content (AvgIpc) is 3.23. The summed E-state index contributed by atoms with van der Waals surface area (Å²) in [4.78, 5) is 33.0. The molecule has 2 amide bonds. The Bertz CT molecular complexity index is 1130. The lowest BCUT2D eigenvalue weighted by Gasteiger charge is -2.22. The second-order valence-corrected chi connectivity index (χ2v) is 7.96. The second-order valence-electron chi connectivity index (χ2n) is 6.57. The summed E-state index contributed by atoms with van der Waals surface area (Å²) in [6.07, 6.45) is 0.114. The molecule has 3 aromatic rings. The van der Waals surface area contributed by atoms with E-state index in [0.29, 0.717) is 33.5 Å². The number of halogens is 1. The van der Waals surface area contributed by atoms with Gasteiger partial charge in [-0.25, -0.2) is 4.99 Å². The van der Waals surface area contributed by atoms with E-state index in [0.717, 1.165) is 4.88 Å². The Balaban J connectivity index is 1.60. The molecule has 1 aromatic heterocycles. The number of amides is 2. The Morgan fingerprint density at radius 2 is 2.07 bits per heavy atom. The lowest BCUT2D eigenvalue weighted by atomic mass is 10.2. The van der Waals surface area contributed by atoms with Crippen LogP contribution in [0.15, 0.2) is 65.0 Å². The van der Waals surface area contributed by atoms with Crippen molar-refractivity contribution in [3.8, 4) is 5.75 Å². The van der Waals surface area contributed by atoms with E-state index in [1.165, 1.54) is 23.3 Å². The lowest BCUT2D eigenvalue weighted by Crippen LogP contribution is -2.38. The van der Waals surface area contributed by atoms with Crippen molar-refractivity contribution < 1.29 is 14.3 Å². The summed E-state index contributed by atoms with van der Waals surface area (Å²) in [7, 11) is 1.51. The minimum atomic E-state index is -0.363. The van der Waals surface area contributed by atoms with Gasteiger partial charge in [-0.15, -0.1) is 11.3 Å². The first-order chi connectivity index (χ1) is 14.5. The van der Waals surface area contributed by atoms with Crippen LogP contribution in [0.1, 0.15) is 11.3 Å². The quantitative estimate of drug-likeness (QED) is 0.614. The number of hydrogen-bond acceptors (Lipinski definition) is 5. The van der Waals surface area contributed by atoms with Crippen molar-refractivity contribution in [3.05, 3.63) is 69.9 Å². The van der Waals surface area contributed by atoms with Gasteiger partial charge in [0, 0.05) is 9.90 Å². The molecule has 1 N–H and O–H groups in total. The Morgan fingerprint density at radius 1 is 1.23 bits per heavy atom. The van der Waals surface area contributed by atoms with Gasteiger partial charge < -0.3 is 15.0 Å². The molecule has 0 unspecified atom stereocenters. The summed E-state index contributed by atoms with van der Waals surface area (Å²) >= 11 is 7.57. The monoisotopic (exact) mass is 439 g/mol. The van der Waals surface area contributed by atoms with Gasteiger partial charge in [-0.3, -0.25) is 9.59 Å². The molecule has 8 heteroatoms. The van der Waals surface area contributed by atoms with E-state index in [9.17, 15) is 9.59 Å². The minimum absolute atomic E-state index is 0.114. The number of hydrogen-bond donors (Lipinski definition) is 1. The molecule has 6 nitrogen and oxygen atoms in total. The standard InChI is InChI=1S/C22H18ClN3O3S/c1-29-19-9-8-14(23)11-16(19)25-21(27)13-26-18-6-3-2-5-15(18)24-17(12-22(26)28)20-7-4-10-30-20/h2-11H,12-13H2,1H3,(H,25,27). The van der Waals surface area contributed by atoms with E-state index >= 15 is 0 Å². The van der Waals surface area contributed by atoms with Crippen LogP contribution in [0.5, 0.6) is 5.75 Å². The maximum atomic E-state index is 13.1. The Morgan fingerprint density at radius 3 is 2.83 bits per heavy atom. The highest BCUT2D eigenvalue weighted by Crippen LogP contribution is 2.34. The van der Waals surface area contributed by atoms with Crippen LogP contribution in [0.25, 0.3) is 0 Å². The molecule has 0 aliphatic carbocycles. The van der Waals surface area contributed by atoms with Gasteiger partial charge in [0.2, 0.25) is 11.8 Å². The van der Waals surface area contributed by atoms with Gasteiger partial charge in [-0.05, 0) is 41.8 Å². The van der Waals surface area contributed by atoms with Crippen molar-refractivity contribution in [3.63, 3.8) is 0 Å². The van der Waals surface area contributed by atoms with Crippen LogP contribution in [-0.2, 0) is 9.59 Å². The molecule has 0 atom stereocenters. The first-order valence-electron chi connectivity index (χ1n) is 9.19. The number of rotatable bonds is 5. The highest BCUT2D eigenvalue weighted by Gasteiger charge is 2.27. The van der Waals surface area contributed by atoms with E-state index in [1.54, 1.807) is 24.3 Å². The molecule has 1 aliphatic heterocycles. The third-order valence-corrected chi connectivity index (χ3v) is 5.74. The Labute approximate surface area is 182 Å². The van der Waals surface area contributed by atoms with Crippen molar-refractivity contribution in [1.29, 1.82) is 0 Å². The number of fused-ring (bicyclic) bond motifs is 1. The summed E-state index contributed by atoms with van der Waals surface area (Å²) in [5.41, 5.74) is 2.39. The molecule has 2 heterocycles. The predicted molar refractivity (Wildman–Crippen MR) is 121 cm³/mol. The number of methoxy groups -OCH3 is 1. The number of anilines is 2. The lowest BCUT2D eigenvalue weighted by molar-refractivity contribution is -0.120. The van der Waals surface area contributed by atoms with E-state index in [4.69, 9.17) is 21.3 Å². The predicted octanol–water partition coefficient (Wildman–Crippen LogP) is 4.91. The van der Waals surface area contributed by atoms with Gasteiger partial charge in [0.1, 0.15) is 12.3 Å². The molecule has 0 radical (unpaired) electrons. The maximum Gasteiger partial charge on any atom is 0.244 e. The normalized spacial score (nSPS) is 13.3. The summed E-state index contributed by atoms with van der Waals surface area (Å²) < 4.78 is 5.27. The third-order valence-electron chi connectivity index (χ3n) is 4.59. The van der Waals surface area contributed by atoms with Crippen LogP contribution in [-0.4, -0.2) is 31.2 Å². The van der Waals surface area contributed by atoms with Gasteiger partial charge in [0.25, 0.3) is 0 Å². The first-order valence-corrected chi connectivity index (χ1v) is 10.4. The van der Waals surface area contributed by atoms with Crippen LogP contribution in [0, 0.1) is 0 Å².